The van der Waals surface area contributed by atoms with Gasteiger partial charge in [-0.1, -0.05) is 6.92 Å². The number of nitrogens with one attached hydrogen (secondary N) is 1. The van der Waals surface area contributed by atoms with Crippen molar-refractivity contribution in [1.82, 2.24) is 5.32 Å². The van der Waals surface area contributed by atoms with E-state index in [4.69, 9.17) is 0 Å². The molecule has 0 spiro atoms. The van der Waals surface area contributed by atoms with Gasteiger partial charge in [-0.25, -0.2) is 0 Å². The first-order valence-corrected chi connectivity index (χ1v) is 6.68. The molecule has 0 atom stereocenters. The zero-order chi connectivity index (χ0) is 13.3. The summed E-state index contributed by atoms with van der Waals surface area (Å²) in [7, 11) is 0. The first-order valence-electron chi connectivity index (χ1n) is 5.80. The molecule has 0 aliphatic rings. The smallest absolute Gasteiger partial charge is 0.262 e. The standard InChI is InChI=1S/C13H21NO2S/c1-6-9-7-8-17-10(9)11(15)14-12(2,3)13(4,5)16/h7-8,16H,6H2,1-5H3,(H,14,15). The number of thiophene rings is 1. The van der Waals surface area contributed by atoms with Gasteiger partial charge in [0, 0.05) is 0 Å². The fourth-order valence-corrected chi connectivity index (χ4v) is 2.20. The van der Waals surface area contributed by atoms with E-state index in [1.807, 2.05) is 32.2 Å². The van der Waals surface area contributed by atoms with Crippen molar-refractivity contribution < 1.29 is 9.90 Å². The van der Waals surface area contributed by atoms with Gasteiger partial charge in [0.15, 0.2) is 0 Å². The summed E-state index contributed by atoms with van der Waals surface area (Å²) in [5, 5.41) is 14.8. The summed E-state index contributed by atoms with van der Waals surface area (Å²) in [6.45, 7) is 9.07. The van der Waals surface area contributed by atoms with Gasteiger partial charge in [-0.2, -0.15) is 0 Å². The molecule has 1 rings (SSSR count). The summed E-state index contributed by atoms with van der Waals surface area (Å²) in [4.78, 5) is 12.9. The Labute approximate surface area is 107 Å². The molecule has 0 radical (unpaired) electrons. The van der Waals surface area contributed by atoms with E-state index >= 15 is 0 Å². The van der Waals surface area contributed by atoms with Crippen molar-refractivity contribution in [3.05, 3.63) is 21.9 Å². The van der Waals surface area contributed by atoms with Crippen molar-refractivity contribution >= 4 is 17.2 Å². The number of aliphatic hydroxyl groups is 1. The van der Waals surface area contributed by atoms with E-state index in [1.54, 1.807) is 13.8 Å². The van der Waals surface area contributed by atoms with E-state index in [0.29, 0.717) is 0 Å². The molecule has 0 aromatic carbocycles. The van der Waals surface area contributed by atoms with Gasteiger partial charge < -0.3 is 10.4 Å². The summed E-state index contributed by atoms with van der Waals surface area (Å²) in [6.07, 6.45) is 0.842. The number of amides is 1. The Morgan fingerprint density at radius 2 is 2.00 bits per heavy atom. The third-order valence-corrected chi connectivity index (χ3v) is 4.24. The molecule has 0 fully saturated rings. The molecular weight excluding hydrogens is 234 g/mol. The fourth-order valence-electron chi connectivity index (χ4n) is 1.31. The molecule has 0 aliphatic heterocycles. The molecule has 0 saturated carbocycles. The van der Waals surface area contributed by atoms with Crippen molar-refractivity contribution in [2.75, 3.05) is 0 Å². The summed E-state index contributed by atoms with van der Waals surface area (Å²) < 4.78 is 0. The molecule has 2 N–H and O–H groups in total. The quantitative estimate of drug-likeness (QED) is 0.869. The summed E-state index contributed by atoms with van der Waals surface area (Å²) in [6, 6.07) is 1.97. The molecule has 1 aromatic rings. The molecule has 0 unspecified atom stereocenters. The van der Waals surface area contributed by atoms with Crippen LogP contribution in [0.15, 0.2) is 11.4 Å². The number of rotatable bonds is 4. The highest BCUT2D eigenvalue weighted by atomic mass is 32.1. The first kappa shape index (κ1) is 14.2. The fraction of sp³-hybridized carbons (Fsp3) is 0.615. The monoisotopic (exact) mass is 255 g/mol. The van der Waals surface area contributed by atoms with Crippen LogP contribution in [-0.4, -0.2) is 22.2 Å². The Morgan fingerprint density at radius 1 is 1.41 bits per heavy atom. The molecule has 1 aromatic heterocycles. The summed E-state index contributed by atoms with van der Waals surface area (Å²) in [5.41, 5.74) is -0.579. The van der Waals surface area contributed by atoms with E-state index in [9.17, 15) is 9.90 Å². The Hall–Kier alpha value is -0.870. The van der Waals surface area contributed by atoms with E-state index in [1.165, 1.54) is 11.3 Å². The predicted molar refractivity (Wildman–Crippen MR) is 71.5 cm³/mol. The third-order valence-electron chi connectivity index (χ3n) is 3.29. The zero-order valence-corrected chi connectivity index (χ0v) is 11.9. The first-order chi connectivity index (χ1) is 7.69. The third kappa shape index (κ3) is 3.07. The van der Waals surface area contributed by atoms with Crippen molar-refractivity contribution in [1.29, 1.82) is 0 Å². The van der Waals surface area contributed by atoms with Gasteiger partial charge in [0.2, 0.25) is 0 Å². The highest BCUT2D eigenvalue weighted by molar-refractivity contribution is 7.12. The molecule has 0 bridgehead atoms. The van der Waals surface area contributed by atoms with Crippen LogP contribution in [0.3, 0.4) is 0 Å². The number of aryl methyl sites for hydroxylation is 1. The lowest BCUT2D eigenvalue weighted by Crippen LogP contribution is -2.57. The van der Waals surface area contributed by atoms with Crippen molar-refractivity contribution in [3.63, 3.8) is 0 Å². The maximum atomic E-state index is 12.1. The average molecular weight is 255 g/mol. The Morgan fingerprint density at radius 3 is 2.47 bits per heavy atom. The Balaban J connectivity index is 2.87. The highest BCUT2D eigenvalue weighted by Crippen LogP contribution is 2.23. The lowest BCUT2D eigenvalue weighted by molar-refractivity contribution is -0.00286. The van der Waals surface area contributed by atoms with E-state index < -0.39 is 11.1 Å². The minimum absolute atomic E-state index is 0.107. The lowest BCUT2D eigenvalue weighted by Gasteiger charge is -2.37. The van der Waals surface area contributed by atoms with Gasteiger partial charge in [0.05, 0.1) is 16.0 Å². The molecular formula is C13H21NO2S. The number of carbonyl (C=O) groups excluding carboxylic acids is 1. The van der Waals surface area contributed by atoms with Crippen LogP contribution < -0.4 is 5.32 Å². The second kappa shape index (κ2) is 4.78. The maximum Gasteiger partial charge on any atom is 0.262 e. The predicted octanol–water partition coefficient (Wildman–Crippen LogP) is 2.59. The molecule has 3 nitrogen and oxygen atoms in total. The molecule has 0 aliphatic carbocycles. The molecule has 17 heavy (non-hydrogen) atoms. The normalized spacial score (nSPS) is 12.6. The minimum atomic E-state index is -0.966. The van der Waals surface area contributed by atoms with Crippen LogP contribution in [-0.2, 0) is 6.42 Å². The van der Waals surface area contributed by atoms with Crippen LogP contribution in [0.5, 0.6) is 0 Å². The summed E-state index contributed by atoms with van der Waals surface area (Å²) in [5.74, 6) is -0.107. The van der Waals surface area contributed by atoms with Gasteiger partial charge in [0.1, 0.15) is 0 Å². The second-order valence-electron chi connectivity index (χ2n) is 5.27. The topological polar surface area (TPSA) is 49.3 Å². The number of hydrogen-bond donors (Lipinski definition) is 2. The maximum absolute atomic E-state index is 12.1. The van der Waals surface area contributed by atoms with Crippen LogP contribution in [0.4, 0.5) is 0 Å². The lowest BCUT2D eigenvalue weighted by atomic mass is 9.86. The Bertz CT molecular complexity index is 402. The van der Waals surface area contributed by atoms with Gasteiger partial charge >= 0.3 is 0 Å². The van der Waals surface area contributed by atoms with Crippen LogP contribution in [0.2, 0.25) is 0 Å². The van der Waals surface area contributed by atoms with E-state index in [2.05, 4.69) is 5.32 Å². The zero-order valence-electron chi connectivity index (χ0n) is 11.1. The van der Waals surface area contributed by atoms with Crippen LogP contribution >= 0.6 is 11.3 Å². The minimum Gasteiger partial charge on any atom is -0.388 e. The van der Waals surface area contributed by atoms with Gasteiger partial charge in [-0.05, 0) is 51.1 Å². The summed E-state index contributed by atoms with van der Waals surface area (Å²) >= 11 is 1.44. The van der Waals surface area contributed by atoms with Gasteiger partial charge in [-0.3, -0.25) is 4.79 Å². The molecule has 1 amide bonds. The van der Waals surface area contributed by atoms with Crippen molar-refractivity contribution in [2.45, 2.75) is 52.2 Å². The average Bonchev–Trinajstić information content (AvgIpc) is 2.62. The van der Waals surface area contributed by atoms with Crippen LogP contribution in [0.25, 0.3) is 0 Å². The molecule has 0 saturated heterocycles. The number of carbonyl (C=O) groups is 1. The largest absolute Gasteiger partial charge is 0.388 e. The highest BCUT2D eigenvalue weighted by Gasteiger charge is 2.36. The molecule has 1 heterocycles. The second-order valence-corrected chi connectivity index (χ2v) is 6.18. The molecule has 4 heteroatoms. The Kier molecular flexibility index (Phi) is 3.99. The van der Waals surface area contributed by atoms with Crippen LogP contribution in [0, 0.1) is 0 Å². The van der Waals surface area contributed by atoms with Crippen LogP contribution in [0.1, 0.15) is 49.9 Å². The van der Waals surface area contributed by atoms with E-state index in [-0.39, 0.29) is 5.91 Å². The van der Waals surface area contributed by atoms with Crippen molar-refractivity contribution in [2.24, 2.45) is 0 Å². The SMILES string of the molecule is CCc1ccsc1C(=O)NC(C)(C)C(C)(C)O. The molecule has 96 valence electrons. The van der Waals surface area contributed by atoms with Gasteiger partial charge in [-0.15, -0.1) is 11.3 Å². The van der Waals surface area contributed by atoms with Crippen molar-refractivity contribution in [3.8, 4) is 0 Å². The number of hydrogen-bond acceptors (Lipinski definition) is 3. The van der Waals surface area contributed by atoms with Gasteiger partial charge in [0.25, 0.3) is 5.91 Å². The van der Waals surface area contributed by atoms with E-state index in [0.717, 1.165) is 16.9 Å².